The monoisotopic (exact) mass is 675 g/mol. The van der Waals surface area contributed by atoms with E-state index < -0.39 is 85.0 Å². The number of hydrogen-bond donors (Lipinski definition) is 9. The van der Waals surface area contributed by atoms with E-state index in [0.717, 1.165) is 18.9 Å². The first kappa shape index (κ1) is 40.6. The standard InChI is InChI=1S/C26H45N9O12/c1-16(36)34(44)11-5-8-19-25(42)32-20(9-6-12-35(45)17(2)37)26(43)31-18(7-4-10-33(3)47-46)24(41)29-14-22(39)27-13-21(38)28-15-23(40)30-19/h18-20,44-46H,4-15H2,1-3H3,(H,27,39)(H,28,38)(H,29,41)(H,30,40)(H,31,43)(H,32,42). The normalized spacial score (nSPS) is 20.4. The largest absolute Gasteiger partial charge is 0.346 e. The number of carbonyl (C=O) groups excluding carboxylic acids is 8. The first-order valence-corrected chi connectivity index (χ1v) is 14.8. The summed E-state index contributed by atoms with van der Waals surface area (Å²) in [7, 11) is 1.41. The molecule has 1 rings (SSSR count). The maximum Gasteiger partial charge on any atom is 0.243 e. The summed E-state index contributed by atoms with van der Waals surface area (Å²) in [6, 6.07) is -3.95. The molecule has 1 heterocycles. The Morgan fingerprint density at radius 1 is 0.638 bits per heavy atom. The van der Waals surface area contributed by atoms with Crippen LogP contribution in [0.25, 0.3) is 0 Å². The number of nitrogens with one attached hydrogen (secondary N) is 6. The molecular weight excluding hydrogens is 630 g/mol. The molecule has 0 aromatic rings. The lowest BCUT2D eigenvalue weighted by atomic mass is 10.1. The van der Waals surface area contributed by atoms with E-state index in [1.807, 2.05) is 0 Å². The van der Waals surface area contributed by atoms with E-state index in [0.29, 0.717) is 10.1 Å². The molecule has 1 saturated heterocycles. The smallest absolute Gasteiger partial charge is 0.243 e. The van der Waals surface area contributed by atoms with Crippen LogP contribution in [0.4, 0.5) is 0 Å². The molecule has 1 aliphatic rings. The Labute approximate surface area is 270 Å². The Morgan fingerprint density at radius 3 is 1.47 bits per heavy atom. The fraction of sp³-hybridized carbons (Fsp3) is 0.692. The van der Waals surface area contributed by atoms with Crippen LogP contribution in [0.15, 0.2) is 0 Å². The zero-order valence-electron chi connectivity index (χ0n) is 26.6. The molecule has 9 N–H and O–H groups in total. The van der Waals surface area contributed by atoms with Gasteiger partial charge in [-0.05, 0) is 38.5 Å². The zero-order chi connectivity index (χ0) is 35.5. The summed E-state index contributed by atoms with van der Waals surface area (Å²) in [5.41, 5.74) is 0. The third-order valence-electron chi connectivity index (χ3n) is 6.79. The first-order valence-electron chi connectivity index (χ1n) is 14.8. The van der Waals surface area contributed by atoms with Gasteiger partial charge < -0.3 is 31.9 Å². The van der Waals surface area contributed by atoms with Gasteiger partial charge in [0.25, 0.3) is 0 Å². The van der Waals surface area contributed by atoms with E-state index >= 15 is 0 Å². The maximum absolute atomic E-state index is 13.5. The summed E-state index contributed by atoms with van der Waals surface area (Å²) in [4.78, 5) is 104. The second-order valence-corrected chi connectivity index (χ2v) is 10.7. The Morgan fingerprint density at radius 2 is 1.02 bits per heavy atom. The molecule has 0 aromatic heterocycles. The highest BCUT2D eigenvalue weighted by molar-refractivity contribution is 5.96. The first-order chi connectivity index (χ1) is 22.1. The van der Waals surface area contributed by atoms with Crippen LogP contribution in [-0.2, 0) is 43.3 Å². The summed E-state index contributed by atoms with van der Waals surface area (Å²) >= 11 is 0. The lowest BCUT2D eigenvalue weighted by Crippen LogP contribution is -2.58. The van der Waals surface area contributed by atoms with Gasteiger partial charge in [-0.2, -0.15) is 5.06 Å². The van der Waals surface area contributed by atoms with Crippen molar-refractivity contribution in [3.8, 4) is 0 Å². The van der Waals surface area contributed by atoms with Gasteiger partial charge in [0, 0.05) is 40.5 Å². The van der Waals surface area contributed by atoms with Gasteiger partial charge in [0.05, 0.1) is 19.6 Å². The van der Waals surface area contributed by atoms with Crippen LogP contribution in [0.5, 0.6) is 0 Å². The van der Waals surface area contributed by atoms with Crippen molar-refractivity contribution < 1.29 is 59.0 Å². The van der Waals surface area contributed by atoms with Gasteiger partial charge in [0.15, 0.2) is 0 Å². The average molecular weight is 676 g/mol. The fourth-order valence-electron chi connectivity index (χ4n) is 4.13. The highest BCUT2D eigenvalue weighted by Crippen LogP contribution is 2.07. The van der Waals surface area contributed by atoms with Crippen LogP contribution in [0, 0.1) is 0 Å². The SMILES string of the molecule is CC(=O)N(O)CCCC1NC(=O)CNC(=O)CNC(=O)CNC(=O)C(CCCN(C)OO)NC(=O)C(CCCN(O)C(C)=O)NC1=O. The number of amides is 8. The van der Waals surface area contributed by atoms with Crippen molar-refractivity contribution in [1.82, 2.24) is 47.1 Å². The van der Waals surface area contributed by atoms with Crippen LogP contribution in [0.3, 0.4) is 0 Å². The van der Waals surface area contributed by atoms with E-state index in [9.17, 15) is 48.8 Å². The molecule has 21 nitrogen and oxygen atoms in total. The van der Waals surface area contributed by atoms with E-state index in [-0.39, 0.29) is 58.2 Å². The number of hydroxylamine groups is 6. The highest BCUT2D eigenvalue weighted by atomic mass is 17.2. The average Bonchev–Trinajstić information content (AvgIpc) is 3.02. The lowest BCUT2D eigenvalue weighted by Gasteiger charge is -2.26. The van der Waals surface area contributed by atoms with Crippen molar-refractivity contribution in [2.45, 2.75) is 70.5 Å². The van der Waals surface area contributed by atoms with Gasteiger partial charge in [-0.1, -0.05) is 0 Å². The Hall–Kier alpha value is -4.44. The minimum absolute atomic E-state index is 0.00521. The molecule has 0 radical (unpaired) electrons. The van der Waals surface area contributed by atoms with Crippen LogP contribution in [0.1, 0.15) is 52.4 Å². The number of carbonyl (C=O) groups is 8. The number of nitrogens with zero attached hydrogens (tertiary/aromatic N) is 3. The Bertz CT molecular complexity index is 1120. The van der Waals surface area contributed by atoms with Crippen LogP contribution in [-0.4, -0.2) is 143 Å². The van der Waals surface area contributed by atoms with Gasteiger partial charge in [-0.3, -0.25) is 48.8 Å². The van der Waals surface area contributed by atoms with E-state index in [1.165, 1.54) is 7.05 Å². The Balaban J connectivity index is 3.34. The molecule has 266 valence electrons. The molecule has 0 spiro atoms. The summed E-state index contributed by atoms with van der Waals surface area (Å²) in [5.74, 6) is -6.11. The van der Waals surface area contributed by atoms with E-state index in [2.05, 4.69) is 36.9 Å². The molecule has 8 amide bonds. The lowest BCUT2D eigenvalue weighted by molar-refractivity contribution is -0.387. The summed E-state index contributed by atoms with van der Waals surface area (Å²) in [6.07, 6.45) is -0.0582. The predicted molar refractivity (Wildman–Crippen MR) is 157 cm³/mol. The quantitative estimate of drug-likeness (QED) is 0.0511. The number of rotatable bonds is 13. The number of hydrogen-bond acceptors (Lipinski definition) is 13. The topological polar surface area (TPSA) is 288 Å². The van der Waals surface area contributed by atoms with Crippen molar-refractivity contribution in [2.75, 3.05) is 46.3 Å². The molecule has 3 atom stereocenters. The molecule has 0 aromatic carbocycles. The van der Waals surface area contributed by atoms with Gasteiger partial charge in [0.2, 0.25) is 47.3 Å². The van der Waals surface area contributed by atoms with Crippen LogP contribution >= 0.6 is 0 Å². The second-order valence-electron chi connectivity index (χ2n) is 10.7. The third-order valence-corrected chi connectivity index (χ3v) is 6.79. The van der Waals surface area contributed by atoms with Gasteiger partial charge >= 0.3 is 0 Å². The highest BCUT2D eigenvalue weighted by Gasteiger charge is 2.30. The molecule has 47 heavy (non-hydrogen) atoms. The minimum atomic E-state index is -1.37. The zero-order valence-corrected chi connectivity index (χ0v) is 26.6. The van der Waals surface area contributed by atoms with Crippen LogP contribution < -0.4 is 31.9 Å². The minimum Gasteiger partial charge on any atom is -0.346 e. The fourth-order valence-corrected chi connectivity index (χ4v) is 4.13. The van der Waals surface area contributed by atoms with Crippen molar-refractivity contribution in [3.63, 3.8) is 0 Å². The molecule has 0 aliphatic carbocycles. The second kappa shape index (κ2) is 21.4. The summed E-state index contributed by atoms with van der Waals surface area (Å²) in [6.45, 7) is 0.265. The van der Waals surface area contributed by atoms with Gasteiger partial charge in [-0.25, -0.2) is 15.4 Å². The van der Waals surface area contributed by atoms with Crippen LogP contribution in [0.2, 0.25) is 0 Å². The van der Waals surface area contributed by atoms with Gasteiger partial charge in [-0.15, -0.1) is 4.99 Å². The third kappa shape index (κ3) is 16.6. The molecule has 1 aliphatic heterocycles. The summed E-state index contributed by atoms with van der Waals surface area (Å²) < 4.78 is 0. The molecule has 0 bridgehead atoms. The molecular formula is C26H45N9O12. The van der Waals surface area contributed by atoms with E-state index in [1.54, 1.807) is 0 Å². The van der Waals surface area contributed by atoms with E-state index in [4.69, 9.17) is 5.26 Å². The molecule has 21 heteroatoms. The molecule has 0 saturated carbocycles. The van der Waals surface area contributed by atoms with Crippen molar-refractivity contribution in [1.29, 1.82) is 0 Å². The van der Waals surface area contributed by atoms with Crippen molar-refractivity contribution in [2.24, 2.45) is 0 Å². The van der Waals surface area contributed by atoms with Crippen molar-refractivity contribution in [3.05, 3.63) is 0 Å². The maximum atomic E-state index is 13.5. The summed E-state index contributed by atoms with van der Waals surface area (Å²) in [5, 5.41) is 44.4. The predicted octanol–water partition coefficient (Wildman–Crippen LogP) is -4.04. The molecule has 3 unspecified atom stereocenters. The molecule has 1 fully saturated rings. The van der Waals surface area contributed by atoms with Crippen molar-refractivity contribution >= 4 is 47.3 Å². The van der Waals surface area contributed by atoms with Gasteiger partial charge in [0.1, 0.15) is 18.1 Å². The Kier molecular flexibility index (Phi) is 18.5.